The van der Waals surface area contributed by atoms with Crippen molar-refractivity contribution in [3.05, 3.63) is 120 Å². The van der Waals surface area contributed by atoms with Crippen LogP contribution in [0.5, 0.6) is 0 Å². The monoisotopic (exact) mass is 486 g/mol. The molecule has 2 nitrogen and oxygen atoms in total. The van der Waals surface area contributed by atoms with E-state index in [0.717, 1.165) is 43.6 Å². The average Bonchev–Trinajstić information content (AvgIpc) is 2.88. The second-order valence-corrected chi connectivity index (χ2v) is 8.98. The third-order valence-electron chi connectivity index (χ3n) is 5.89. The van der Waals surface area contributed by atoms with Gasteiger partial charge in [0, 0.05) is 15.6 Å². The zero-order valence-electron chi connectivity index (χ0n) is 17.7. The molecule has 1 aromatic heterocycles. The number of para-hydroxylation sites is 2. The van der Waals surface area contributed by atoms with E-state index in [1.807, 2.05) is 30.3 Å². The molecule has 0 saturated heterocycles. The van der Waals surface area contributed by atoms with Crippen molar-refractivity contribution >= 4 is 37.7 Å². The summed E-state index contributed by atoms with van der Waals surface area (Å²) in [4.78, 5) is 10.2. The van der Waals surface area contributed by atoms with Crippen molar-refractivity contribution < 1.29 is 0 Å². The lowest BCUT2D eigenvalue weighted by molar-refractivity contribution is 1.29. The van der Waals surface area contributed by atoms with Crippen LogP contribution in [0.2, 0.25) is 0 Å². The Balaban J connectivity index is 1.58. The summed E-state index contributed by atoms with van der Waals surface area (Å²) in [5.41, 5.74) is 8.04. The highest BCUT2D eigenvalue weighted by molar-refractivity contribution is 9.10. The lowest BCUT2D eigenvalue weighted by atomic mass is 9.97. The van der Waals surface area contributed by atoms with Crippen LogP contribution in [-0.2, 0) is 0 Å². The van der Waals surface area contributed by atoms with Gasteiger partial charge in [0.2, 0.25) is 0 Å². The molecule has 33 heavy (non-hydrogen) atoms. The summed E-state index contributed by atoms with van der Waals surface area (Å²) in [7, 11) is 0. The smallest absolute Gasteiger partial charge is 0.0973 e. The van der Waals surface area contributed by atoms with E-state index in [4.69, 9.17) is 9.97 Å². The highest BCUT2D eigenvalue weighted by Crippen LogP contribution is 2.34. The number of hydrogen-bond donors (Lipinski definition) is 0. The summed E-state index contributed by atoms with van der Waals surface area (Å²) in [6.45, 7) is 0. The van der Waals surface area contributed by atoms with Crippen molar-refractivity contribution in [3.8, 4) is 33.6 Å². The molecule has 156 valence electrons. The molecule has 0 N–H and O–H groups in total. The Labute approximate surface area is 200 Å². The Morgan fingerprint density at radius 1 is 0.424 bits per heavy atom. The van der Waals surface area contributed by atoms with Gasteiger partial charge in [0.25, 0.3) is 0 Å². The fourth-order valence-electron chi connectivity index (χ4n) is 4.24. The van der Waals surface area contributed by atoms with Gasteiger partial charge in [0.1, 0.15) is 0 Å². The van der Waals surface area contributed by atoms with E-state index in [9.17, 15) is 0 Å². The predicted octanol–water partition coefficient (Wildman–Crippen LogP) is 8.55. The Kier molecular flexibility index (Phi) is 4.97. The molecule has 0 spiro atoms. The van der Waals surface area contributed by atoms with E-state index in [1.54, 1.807) is 0 Å². The van der Waals surface area contributed by atoms with Gasteiger partial charge in [0.15, 0.2) is 0 Å². The SMILES string of the molecule is Brc1ccc2cc(-c3nc4ccccc4nc3-c3cccc(-c4ccccc4)c3)ccc2c1. The highest BCUT2D eigenvalue weighted by atomic mass is 79.9. The molecule has 6 rings (SSSR count). The van der Waals surface area contributed by atoms with Crippen molar-refractivity contribution in [3.63, 3.8) is 0 Å². The number of rotatable bonds is 3. The quantitative estimate of drug-likeness (QED) is 0.250. The average molecular weight is 487 g/mol. The molecule has 0 bridgehead atoms. The number of benzene rings is 5. The van der Waals surface area contributed by atoms with Crippen LogP contribution in [0.1, 0.15) is 0 Å². The van der Waals surface area contributed by atoms with E-state index in [1.165, 1.54) is 16.3 Å². The number of hydrogen-bond acceptors (Lipinski definition) is 2. The molecule has 0 fully saturated rings. The maximum atomic E-state index is 5.08. The minimum Gasteiger partial charge on any atom is -0.244 e. The van der Waals surface area contributed by atoms with Gasteiger partial charge in [0.05, 0.1) is 22.4 Å². The van der Waals surface area contributed by atoms with Gasteiger partial charge in [-0.15, -0.1) is 0 Å². The summed E-state index contributed by atoms with van der Waals surface area (Å²) in [5.74, 6) is 0. The van der Waals surface area contributed by atoms with Gasteiger partial charge in [-0.3, -0.25) is 0 Å². The van der Waals surface area contributed by atoms with Crippen LogP contribution in [0.4, 0.5) is 0 Å². The van der Waals surface area contributed by atoms with Crippen molar-refractivity contribution in [1.82, 2.24) is 9.97 Å². The Morgan fingerprint density at radius 2 is 1.00 bits per heavy atom. The Morgan fingerprint density at radius 3 is 1.76 bits per heavy atom. The number of halogens is 1. The van der Waals surface area contributed by atoms with Gasteiger partial charge in [-0.05, 0) is 58.3 Å². The zero-order chi connectivity index (χ0) is 22.2. The fraction of sp³-hybridized carbons (Fsp3) is 0. The highest BCUT2D eigenvalue weighted by Gasteiger charge is 2.14. The summed E-state index contributed by atoms with van der Waals surface area (Å²) in [6.07, 6.45) is 0. The molecule has 0 unspecified atom stereocenters. The third kappa shape index (κ3) is 3.81. The molecular weight excluding hydrogens is 468 g/mol. The first kappa shape index (κ1) is 19.8. The molecule has 0 aliphatic heterocycles. The molecule has 0 amide bonds. The van der Waals surface area contributed by atoms with Gasteiger partial charge in [-0.2, -0.15) is 0 Å². The second kappa shape index (κ2) is 8.27. The molecule has 0 aliphatic carbocycles. The normalized spacial score (nSPS) is 11.2. The van der Waals surface area contributed by atoms with Crippen LogP contribution in [0.25, 0.3) is 55.4 Å². The van der Waals surface area contributed by atoms with Crippen molar-refractivity contribution in [1.29, 1.82) is 0 Å². The van der Waals surface area contributed by atoms with Crippen molar-refractivity contribution in [2.24, 2.45) is 0 Å². The minimum atomic E-state index is 0.892. The summed E-state index contributed by atoms with van der Waals surface area (Å²) in [5, 5.41) is 2.36. The lowest BCUT2D eigenvalue weighted by Crippen LogP contribution is -1.96. The van der Waals surface area contributed by atoms with Crippen molar-refractivity contribution in [2.75, 3.05) is 0 Å². The molecule has 6 aromatic rings. The van der Waals surface area contributed by atoms with E-state index in [-0.39, 0.29) is 0 Å². The van der Waals surface area contributed by atoms with E-state index < -0.39 is 0 Å². The first-order valence-electron chi connectivity index (χ1n) is 10.9. The first-order valence-corrected chi connectivity index (χ1v) is 11.7. The topological polar surface area (TPSA) is 25.8 Å². The number of nitrogens with zero attached hydrogens (tertiary/aromatic N) is 2. The minimum absolute atomic E-state index is 0.892. The van der Waals surface area contributed by atoms with Crippen LogP contribution in [0.15, 0.2) is 120 Å². The molecule has 0 aliphatic rings. The summed E-state index contributed by atoms with van der Waals surface area (Å²) >= 11 is 3.57. The largest absolute Gasteiger partial charge is 0.244 e. The van der Waals surface area contributed by atoms with Gasteiger partial charge in [-0.1, -0.05) is 94.8 Å². The van der Waals surface area contributed by atoms with Crippen LogP contribution in [-0.4, -0.2) is 9.97 Å². The molecule has 3 heteroatoms. The fourth-order valence-corrected chi connectivity index (χ4v) is 4.62. The van der Waals surface area contributed by atoms with Crippen LogP contribution in [0.3, 0.4) is 0 Å². The van der Waals surface area contributed by atoms with Gasteiger partial charge in [-0.25, -0.2) is 9.97 Å². The molecule has 0 radical (unpaired) electrons. The van der Waals surface area contributed by atoms with Crippen LogP contribution >= 0.6 is 15.9 Å². The lowest BCUT2D eigenvalue weighted by Gasteiger charge is -2.12. The van der Waals surface area contributed by atoms with Crippen LogP contribution < -0.4 is 0 Å². The predicted molar refractivity (Wildman–Crippen MR) is 141 cm³/mol. The maximum Gasteiger partial charge on any atom is 0.0973 e. The number of fused-ring (bicyclic) bond motifs is 2. The molecule has 1 heterocycles. The molecule has 0 saturated carbocycles. The van der Waals surface area contributed by atoms with E-state index in [0.29, 0.717) is 0 Å². The summed E-state index contributed by atoms with van der Waals surface area (Å²) in [6, 6.07) is 39.9. The van der Waals surface area contributed by atoms with Gasteiger partial charge < -0.3 is 0 Å². The third-order valence-corrected chi connectivity index (χ3v) is 6.38. The van der Waals surface area contributed by atoms with E-state index in [2.05, 4.69) is 101 Å². The standard InChI is InChI=1S/C30H19BrN2/c31-26-16-15-22-18-25(14-13-23(22)19-26)30-29(32-27-11-4-5-12-28(27)33-30)24-10-6-9-21(17-24)20-7-2-1-3-8-20/h1-19H. The maximum absolute atomic E-state index is 5.08. The first-order chi connectivity index (χ1) is 16.2. The molecule has 5 aromatic carbocycles. The van der Waals surface area contributed by atoms with Gasteiger partial charge >= 0.3 is 0 Å². The second-order valence-electron chi connectivity index (χ2n) is 8.06. The number of aromatic nitrogens is 2. The molecular formula is C30H19BrN2. The Bertz CT molecular complexity index is 1620. The Hall–Kier alpha value is -3.82. The molecule has 0 atom stereocenters. The van der Waals surface area contributed by atoms with E-state index >= 15 is 0 Å². The summed E-state index contributed by atoms with van der Waals surface area (Å²) < 4.78 is 1.08. The van der Waals surface area contributed by atoms with Crippen molar-refractivity contribution in [2.45, 2.75) is 0 Å². The zero-order valence-corrected chi connectivity index (χ0v) is 19.3. The van der Waals surface area contributed by atoms with Crippen LogP contribution in [0, 0.1) is 0 Å².